The Labute approximate surface area is 129 Å². The number of rotatable bonds is 5. The summed E-state index contributed by atoms with van der Waals surface area (Å²) in [7, 11) is 1.82. The number of aliphatic hydroxyl groups is 1. The lowest BCUT2D eigenvalue weighted by Gasteiger charge is -2.38. The molecule has 1 rings (SSSR count). The first-order valence-electron chi connectivity index (χ1n) is 7.96. The maximum absolute atomic E-state index is 12.3. The van der Waals surface area contributed by atoms with Crippen LogP contribution < -0.4 is 0 Å². The van der Waals surface area contributed by atoms with E-state index in [9.17, 15) is 9.90 Å². The van der Waals surface area contributed by atoms with Crippen molar-refractivity contribution in [2.45, 2.75) is 64.5 Å². The van der Waals surface area contributed by atoms with Gasteiger partial charge in [-0.25, -0.2) is 4.79 Å². The van der Waals surface area contributed by atoms with Gasteiger partial charge in [-0.05, 0) is 64.7 Å². The van der Waals surface area contributed by atoms with E-state index < -0.39 is 5.60 Å². The van der Waals surface area contributed by atoms with Gasteiger partial charge in [0.15, 0.2) is 0 Å². The van der Waals surface area contributed by atoms with Crippen LogP contribution in [-0.2, 0) is 4.74 Å². The maximum atomic E-state index is 12.3. The van der Waals surface area contributed by atoms with Gasteiger partial charge >= 0.3 is 6.09 Å². The lowest BCUT2D eigenvalue weighted by Crippen LogP contribution is -2.45. The molecule has 0 heterocycles. The van der Waals surface area contributed by atoms with Gasteiger partial charge in [-0.3, -0.25) is 0 Å². The molecule has 0 saturated heterocycles. The largest absolute Gasteiger partial charge is 0.444 e. The molecule has 1 amide bonds. The molecule has 4 heteroatoms. The molecule has 4 nitrogen and oxygen atoms in total. The van der Waals surface area contributed by atoms with E-state index in [1.54, 1.807) is 4.90 Å². The minimum Gasteiger partial charge on any atom is -0.444 e. The summed E-state index contributed by atoms with van der Waals surface area (Å²) in [5, 5.41) is 9.24. The van der Waals surface area contributed by atoms with Crippen molar-refractivity contribution in [2.24, 2.45) is 11.8 Å². The van der Waals surface area contributed by atoms with Crippen molar-refractivity contribution >= 4 is 6.09 Å². The van der Waals surface area contributed by atoms with Gasteiger partial charge in [-0.2, -0.15) is 0 Å². The van der Waals surface area contributed by atoms with E-state index in [1.165, 1.54) is 0 Å². The number of nitrogens with zero attached hydrogens (tertiary/aromatic N) is 1. The predicted octanol–water partition coefficient (Wildman–Crippen LogP) is 3.60. The van der Waals surface area contributed by atoms with E-state index in [1.807, 2.05) is 33.9 Å². The lowest BCUT2D eigenvalue weighted by atomic mass is 9.77. The predicted molar refractivity (Wildman–Crippen MR) is 85.1 cm³/mol. The summed E-state index contributed by atoms with van der Waals surface area (Å²) in [6, 6.07) is 0.136. The van der Waals surface area contributed by atoms with Gasteiger partial charge in [0, 0.05) is 19.7 Å². The van der Waals surface area contributed by atoms with Gasteiger partial charge in [0.25, 0.3) is 0 Å². The van der Waals surface area contributed by atoms with Crippen molar-refractivity contribution in [3.05, 3.63) is 12.7 Å². The number of hydrogen-bond donors (Lipinski definition) is 1. The number of carbonyl (C=O) groups is 1. The molecular weight excluding hydrogens is 266 g/mol. The second-order valence-electron chi connectivity index (χ2n) is 7.15. The molecule has 1 aliphatic rings. The van der Waals surface area contributed by atoms with Gasteiger partial charge in [-0.15, -0.1) is 6.58 Å². The average Bonchev–Trinajstić information content (AvgIpc) is 2.42. The minimum atomic E-state index is -0.474. The lowest BCUT2D eigenvalue weighted by molar-refractivity contribution is 0.0123. The summed E-state index contributed by atoms with van der Waals surface area (Å²) in [5.41, 5.74) is -0.474. The molecule has 1 atom stereocenters. The summed E-state index contributed by atoms with van der Waals surface area (Å²) in [6.07, 6.45) is 6.58. The highest BCUT2D eigenvalue weighted by Crippen LogP contribution is 2.33. The Kier molecular flexibility index (Phi) is 6.72. The Morgan fingerprint density at radius 1 is 1.38 bits per heavy atom. The summed E-state index contributed by atoms with van der Waals surface area (Å²) >= 11 is 0. The SMILES string of the molecule is C=CC[C@@H](C1CCC(CO)CC1)N(C)C(=O)OC(C)(C)C. The smallest absolute Gasteiger partial charge is 0.410 e. The van der Waals surface area contributed by atoms with Crippen LogP contribution in [0.1, 0.15) is 52.9 Å². The third kappa shape index (κ3) is 5.70. The van der Waals surface area contributed by atoms with E-state index in [2.05, 4.69) is 6.58 Å². The van der Waals surface area contributed by atoms with E-state index in [0.29, 0.717) is 11.8 Å². The highest BCUT2D eigenvalue weighted by Gasteiger charge is 2.32. The highest BCUT2D eigenvalue weighted by atomic mass is 16.6. The fourth-order valence-electron chi connectivity index (χ4n) is 3.06. The van der Waals surface area contributed by atoms with Gasteiger partial charge in [0.2, 0.25) is 0 Å². The standard InChI is InChI=1S/C17H31NO3/c1-6-7-15(14-10-8-13(12-19)9-11-14)18(5)16(20)21-17(2,3)4/h6,13-15,19H,1,7-12H2,2-5H3/t13?,14?,15-/m0/s1. The quantitative estimate of drug-likeness (QED) is 0.789. The number of ether oxygens (including phenoxy) is 1. The van der Waals surface area contributed by atoms with E-state index >= 15 is 0 Å². The number of carbonyl (C=O) groups excluding carboxylic acids is 1. The van der Waals surface area contributed by atoms with Crippen LogP contribution in [0.25, 0.3) is 0 Å². The Morgan fingerprint density at radius 3 is 2.38 bits per heavy atom. The fourth-order valence-corrected chi connectivity index (χ4v) is 3.06. The molecule has 1 saturated carbocycles. The van der Waals surface area contributed by atoms with Crippen molar-refractivity contribution < 1.29 is 14.6 Å². The van der Waals surface area contributed by atoms with Crippen LogP contribution in [0.2, 0.25) is 0 Å². The second kappa shape index (κ2) is 7.83. The van der Waals surface area contributed by atoms with Crippen molar-refractivity contribution in [2.75, 3.05) is 13.7 Å². The molecule has 1 fully saturated rings. The second-order valence-corrected chi connectivity index (χ2v) is 7.15. The molecule has 1 aliphatic carbocycles. The van der Waals surface area contributed by atoms with Crippen LogP contribution in [0.15, 0.2) is 12.7 Å². The number of hydrogen-bond acceptors (Lipinski definition) is 3. The highest BCUT2D eigenvalue weighted by molar-refractivity contribution is 5.68. The molecular formula is C17H31NO3. The molecule has 0 unspecified atom stereocenters. The summed E-state index contributed by atoms with van der Waals surface area (Å²) in [6.45, 7) is 9.75. The Balaban J connectivity index is 2.67. The third-order valence-corrected chi connectivity index (χ3v) is 4.28. The Morgan fingerprint density at radius 2 is 1.95 bits per heavy atom. The molecule has 0 aliphatic heterocycles. The molecule has 1 N–H and O–H groups in total. The average molecular weight is 297 g/mol. The zero-order chi connectivity index (χ0) is 16.0. The molecule has 21 heavy (non-hydrogen) atoms. The van der Waals surface area contributed by atoms with Crippen molar-refractivity contribution in [1.82, 2.24) is 4.90 Å². The maximum Gasteiger partial charge on any atom is 0.410 e. The first-order valence-corrected chi connectivity index (χ1v) is 7.96. The van der Waals surface area contributed by atoms with E-state index in [-0.39, 0.29) is 18.7 Å². The third-order valence-electron chi connectivity index (χ3n) is 4.28. The van der Waals surface area contributed by atoms with Crippen molar-refractivity contribution in [3.8, 4) is 0 Å². The van der Waals surface area contributed by atoms with E-state index in [4.69, 9.17) is 4.74 Å². The number of amides is 1. The van der Waals surface area contributed by atoms with Crippen molar-refractivity contribution in [1.29, 1.82) is 0 Å². The van der Waals surface area contributed by atoms with Crippen LogP contribution in [0.3, 0.4) is 0 Å². The Bertz CT molecular complexity index is 340. The fraction of sp³-hybridized carbons (Fsp3) is 0.824. The van der Waals surface area contributed by atoms with Gasteiger partial charge in [0.05, 0.1) is 0 Å². The van der Waals surface area contributed by atoms with Crippen LogP contribution in [0.5, 0.6) is 0 Å². The van der Waals surface area contributed by atoms with Crippen molar-refractivity contribution in [3.63, 3.8) is 0 Å². The Hall–Kier alpha value is -1.03. The molecule has 122 valence electrons. The number of aliphatic hydroxyl groups excluding tert-OH is 1. The van der Waals surface area contributed by atoms with Crippen LogP contribution in [0.4, 0.5) is 4.79 Å². The molecule has 0 aromatic heterocycles. The zero-order valence-electron chi connectivity index (χ0n) is 14.0. The van der Waals surface area contributed by atoms with Crippen LogP contribution in [-0.4, -0.2) is 41.4 Å². The molecule has 0 spiro atoms. The molecule has 0 radical (unpaired) electrons. The van der Waals surface area contributed by atoms with Gasteiger partial charge < -0.3 is 14.7 Å². The topological polar surface area (TPSA) is 49.8 Å². The monoisotopic (exact) mass is 297 g/mol. The van der Waals surface area contributed by atoms with Crippen LogP contribution in [0, 0.1) is 11.8 Å². The first kappa shape index (κ1) is 18.0. The van der Waals surface area contributed by atoms with Gasteiger partial charge in [0.1, 0.15) is 5.60 Å². The van der Waals surface area contributed by atoms with Gasteiger partial charge in [-0.1, -0.05) is 6.08 Å². The minimum absolute atomic E-state index is 0.136. The molecule has 0 aromatic rings. The molecule has 0 bridgehead atoms. The summed E-state index contributed by atoms with van der Waals surface area (Å²) in [4.78, 5) is 14.0. The normalized spacial score (nSPS) is 24.2. The molecule has 0 aromatic carbocycles. The summed E-state index contributed by atoms with van der Waals surface area (Å²) in [5.74, 6) is 0.890. The first-order chi connectivity index (χ1) is 9.78. The van der Waals surface area contributed by atoms with E-state index in [0.717, 1.165) is 32.1 Å². The summed E-state index contributed by atoms with van der Waals surface area (Å²) < 4.78 is 5.47. The zero-order valence-corrected chi connectivity index (χ0v) is 14.0. The van der Waals surface area contributed by atoms with Crippen LogP contribution >= 0.6 is 0 Å².